The molecule has 0 saturated carbocycles. The molecule has 0 bridgehead atoms. The van der Waals surface area contributed by atoms with Crippen molar-refractivity contribution in [1.82, 2.24) is 9.55 Å². The van der Waals surface area contributed by atoms with Crippen molar-refractivity contribution in [2.24, 2.45) is 0 Å². The summed E-state index contributed by atoms with van der Waals surface area (Å²) in [7, 11) is 1.34. The zero-order valence-electron chi connectivity index (χ0n) is 15.0. The fraction of sp³-hybridized carbons (Fsp3) is 0.0909. The highest BCUT2D eigenvalue weighted by atomic mass is 19.1. The number of pyridine rings is 1. The van der Waals surface area contributed by atoms with Crippen molar-refractivity contribution >= 4 is 17.0 Å². The monoisotopic (exact) mass is 378 g/mol. The van der Waals surface area contributed by atoms with Gasteiger partial charge in [-0.05, 0) is 47.5 Å². The maximum absolute atomic E-state index is 14.2. The topological polar surface area (TPSA) is 44.1 Å². The van der Waals surface area contributed by atoms with Crippen LogP contribution in [0.15, 0.2) is 67.0 Å². The predicted molar refractivity (Wildman–Crippen MR) is 102 cm³/mol. The standard InChI is InChI=1S/C22H16F2N2O2/c1-28-22(27)15-4-2-14(3-5-15)13-26-11-9-19-17(8-10-25-21(19)26)18-7-6-16(23)12-20(18)24/h2-12H,13H2,1H3. The molecular formula is C22H16F2N2O2. The van der Waals surface area contributed by atoms with Crippen LogP contribution in [-0.2, 0) is 11.3 Å². The molecule has 2 aromatic heterocycles. The van der Waals surface area contributed by atoms with Crippen molar-refractivity contribution in [1.29, 1.82) is 0 Å². The minimum Gasteiger partial charge on any atom is -0.465 e. The molecule has 0 unspecified atom stereocenters. The Morgan fingerprint density at radius 3 is 2.54 bits per heavy atom. The molecule has 0 spiro atoms. The minimum atomic E-state index is -0.612. The second-order valence-electron chi connectivity index (χ2n) is 6.35. The lowest BCUT2D eigenvalue weighted by atomic mass is 10.0. The minimum absolute atomic E-state index is 0.328. The van der Waals surface area contributed by atoms with Crippen molar-refractivity contribution in [3.63, 3.8) is 0 Å². The van der Waals surface area contributed by atoms with Gasteiger partial charge in [0.2, 0.25) is 0 Å². The van der Waals surface area contributed by atoms with Crippen LogP contribution in [-0.4, -0.2) is 22.6 Å². The Morgan fingerprint density at radius 1 is 1.04 bits per heavy atom. The highest BCUT2D eigenvalue weighted by Gasteiger charge is 2.13. The molecule has 0 aliphatic rings. The summed E-state index contributed by atoms with van der Waals surface area (Å²) in [6.07, 6.45) is 3.48. The van der Waals surface area contributed by atoms with Gasteiger partial charge in [0.05, 0.1) is 12.7 Å². The lowest BCUT2D eigenvalue weighted by molar-refractivity contribution is 0.0600. The molecule has 28 heavy (non-hydrogen) atoms. The van der Waals surface area contributed by atoms with Crippen LogP contribution < -0.4 is 0 Å². The molecule has 2 heterocycles. The van der Waals surface area contributed by atoms with Crippen LogP contribution in [0.1, 0.15) is 15.9 Å². The average molecular weight is 378 g/mol. The normalized spacial score (nSPS) is 11.0. The van der Waals surface area contributed by atoms with E-state index < -0.39 is 11.6 Å². The van der Waals surface area contributed by atoms with E-state index in [2.05, 4.69) is 4.98 Å². The van der Waals surface area contributed by atoms with E-state index in [1.165, 1.54) is 19.2 Å². The molecule has 0 atom stereocenters. The zero-order chi connectivity index (χ0) is 19.7. The molecule has 0 aliphatic heterocycles. The maximum atomic E-state index is 14.2. The number of aromatic nitrogens is 2. The van der Waals surface area contributed by atoms with E-state index in [1.807, 2.05) is 29.0 Å². The second kappa shape index (κ2) is 7.23. The van der Waals surface area contributed by atoms with Crippen molar-refractivity contribution in [3.8, 4) is 11.1 Å². The fourth-order valence-electron chi connectivity index (χ4n) is 3.22. The third kappa shape index (κ3) is 3.24. The van der Waals surface area contributed by atoms with Crippen LogP contribution in [0.3, 0.4) is 0 Å². The van der Waals surface area contributed by atoms with E-state index in [9.17, 15) is 13.6 Å². The Bertz CT molecular complexity index is 1170. The molecule has 2 aromatic carbocycles. The number of carbonyl (C=O) groups excluding carboxylic acids is 1. The van der Waals surface area contributed by atoms with Crippen LogP contribution in [0.25, 0.3) is 22.2 Å². The Balaban J connectivity index is 1.69. The molecule has 140 valence electrons. The van der Waals surface area contributed by atoms with Crippen LogP contribution in [0.4, 0.5) is 8.78 Å². The summed E-state index contributed by atoms with van der Waals surface area (Å²) in [5.41, 5.74) is 3.13. The molecule has 0 fully saturated rings. The number of esters is 1. The second-order valence-corrected chi connectivity index (χ2v) is 6.35. The first kappa shape index (κ1) is 17.9. The van der Waals surface area contributed by atoms with Gasteiger partial charge in [-0.3, -0.25) is 0 Å². The van der Waals surface area contributed by atoms with E-state index in [0.717, 1.165) is 17.0 Å². The number of methoxy groups -OCH3 is 1. The fourth-order valence-corrected chi connectivity index (χ4v) is 3.22. The van der Waals surface area contributed by atoms with Gasteiger partial charge in [-0.1, -0.05) is 12.1 Å². The lowest BCUT2D eigenvalue weighted by Crippen LogP contribution is -2.03. The quantitative estimate of drug-likeness (QED) is 0.479. The van der Waals surface area contributed by atoms with Crippen molar-refractivity contribution in [3.05, 3.63) is 89.8 Å². The summed E-state index contributed by atoms with van der Waals surface area (Å²) in [5.74, 6) is -1.61. The number of ether oxygens (including phenoxy) is 1. The largest absolute Gasteiger partial charge is 0.465 e. The summed E-state index contributed by atoms with van der Waals surface area (Å²) in [6, 6.07) is 14.2. The Morgan fingerprint density at radius 2 is 1.82 bits per heavy atom. The van der Waals surface area contributed by atoms with Gasteiger partial charge in [0.25, 0.3) is 0 Å². The van der Waals surface area contributed by atoms with Crippen LogP contribution >= 0.6 is 0 Å². The third-order valence-electron chi connectivity index (χ3n) is 4.61. The number of nitrogens with zero attached hydrogens (tertiary/aromatic N) is 2. The first-order chi connectivity index (χ1) is 13.6. The van der Waals surface area contributed by atoms with Gasteiger partial charge in [0.1, 0.15) is 17.3 Å². The van der Waals surface area contributed by atoms with Gasteiger partial charge in [-0.25, -0.2) is 18.6 Å². The number of benzene rings is 2. The number of halogens is 2. The van der Waals surface area contributed by atoms with Gasteiger partial charge in [0.15, 0.2) is 0 Å². The first-order valence-electron chi connectivity index (χ1n) is 8.63. The first-order valence-corrected chi connectivity index (χ1v) is 8.63. The molecule has 6 heteroatoms. The van der Waals surface area contributed by atoms with Crippen LogP contribution in [0.2, 0.25) is 0 Å². The Hall–Kier alpha value is -3.54. The van der Waals surface area contributed by atoms with Gasteiger partial charge < -0.3 is 9.30 Å². The highest BCUT2D eigenvalue weighted by Crippen LogP contribution is 2.30. The van der Waals surface area contributed by atoms with E-state index in [-0.39, 0.29) is 5.97 Å². The SMILES string of the molecule is COC(=O)c1ccc(Cn2ccc3c(-c4ccc(F)cc4F)ccnc32)cc1. The molecule has 0 radical (unpaired) electrons. The van der Waals surface area contributed by atoms with Crippen LogP contribution in [0.5, 0.6) is 0 Å². The number of rotatable bonds is 4. The molecule has 0 amide bonds. The lowest BCUT2D eigenvalue weighted by Gasteiger charge is -2.08. The third-order valence-corrected chi connectivity index (χ3v) is 4.61. The summed E-state index contributed by atoms with van der Waals surface area (Å²) < 4.78 is 34.1. The molecule has 4 rings (SSSR count). The van der Waals surface area contributed by atoms with Crippen molar-refractivity contribution in [2.75, 3.05) is 7.11 Å². The summed E-state index contributed by atoms with van der Waals surface area (Å²) in [4.78, 5) is 16.0. The molecular weight excluding hydrogens is 362 g/mol. The van der Waals surface area contributed by atoms with Gasteiger partial charge >= 0.3 is 5.97 Å². The molecule has 0 aliphatic carbocycles. The molecule has 0 N–H and O–H groups in total. The van der Waals surface area contributed by atoms with Crippen molar-refractivity contribution < 1.29 is 18.3 Å². The van der Waals surface area contributed by atoms with E-state index >= 15 is 0 Å². The van der Waals surface area contributed by atoms with Gasteiger partial charge in [-0.15, -0.1) is 0 Å². The van der Waals surface area contributed by atoms with Crippen molar-refractivity contribution in [2.45, 2.75) is 6.54 Å². The Kier molecular flexibility index (Phi) is 4.61. The summed E-state index contributed by atoms with van der Waals surface area (Å²) in [5, 5.41) is 0.777. The average Bonchev–Trinajstić information content (AvgIpc) is 3.11. The number of hydrogen-bond acceptors (Lipinski definition) is 3. The van der Waals surface area contributed by atoms with E-state index in [4.69, 9.17) is 4.74 Å². The van der Waals surface area contributed by atoms with E-state index in [1.54, 1.807) is 24.4 Å². The predicted octanol–water partition coefficient (Wildman–Crippen LogP) is 4.82. The number of fused-ring (bicyclic) bond motifs is 1. The Labute approximate surface area is 160 Å². The molecule has 4 aromatic rings. The smallest absolute Gasteiger partial charge is 0.337 e. The number of hydrogen-bond donors (Lipinski definition) is 0. The van der Waals surface area contributed by atoms with E-state index in [0.29, 0.717) is 28.9 Å². The summed E-state index contributed by atoms with van der Waals surface area (Å²) in [6.45, 7) is 0.535. The maximum Gasteiger partial charge on any atom is 0.337 e. The van der Waals surface area contributed by atoms with Crippen LogP contribution in [0, 0.1) is 11.6 Å². The highest BCUT2D eigenvalue weighted by molar-refractivity contribution is 5.93. The number of carbonyl (C=O) groups is 1. The van der Waals surface area contributed by atoms with Gasteiger partial charge in [-0.2, -0.15) is 0 Å². The summed E-state index contributed by atoms with van der Waals surface area (Å²) >= 11 is 0. The molecule has 0 saturated heterocycles. The zero-order valence-corrected chi connectivity index (χ0v) is 15.0. The van der Waals surface area contributed by atoms with Gasteiger partial charge in [0, 0.05) is 36.0 Å². The molecule has 4 nitrogen and oxygen atoms in total.